The Morgan fingerprint density at radius 2 is 1.76 bits per heavy atom. The van der Waals surface area contributed by atoms with Crippen molar-refractivity contribution in [2.45, 2.75) is 38.8 Å². The summed E-state index contributed by atoms with van der Waals surface area (Å²) in [5, 5.41) is 6.68. The molecule has 2 aromatic carbocycles. The minimum absolute atomic E-state index is 0.00812. The quantitative estimate of drug-likeness (QED) is 0.729. The number of amides is 2. The van der Waals surface area contributed by atoms with Crippen molar-refractivity contribution in [1.29, 1.82) is 0 Å². The zero-order chi connectivity index (χ0) is 20.6. The van der Waals surface area contributed by atoms with Gasteiger partial charge in [-0.15, -0.1) is 0 Å². The largest absolute Gasteiger partial charge is 0.353 e. The molecule has 5 nitrogen and oxygen atoms in total. The molecule has 0 radical (unpaired) electrons. The Morgan fingerprint density at radius 1 is 1.07 bits per heavy atom. The molecule has 0 spiro atoms. The molecule has 1 heterocycles. The van der Waals surface area contributed by atoms with E-state index in [1.807, 2.05) is 37.3 Å². The molecule has 3 rings (SSSR count). The van der Waals surface area contributed by atoms with Crippen molar-refractivity contribution in [3.63, 3.8) is 0 Å². The third-order valence-electron chi connectivity index (χ3n) is 5.30. The van der Waals surface area contributed by atoms with Gasteiger partial charge in [-0.05, 0) is 49.1 Å². The third kappa shape index (κ3) is 6.58. The molecule has 1 fully saturated rings. The highest BCUT2D eigenvalue weighted by Gasteiger charge is 2.20. The van der Waals surface area contributed by atoms with Crippen molar-refractivity contribution < 1.29 is 9.59 Å². The minimum Gasteiger partial charge on any atom is -0.353 e. The molecule has 1 saturated heterocycles. The lowest BCUT2D eigenvalue weighted by Crippen LogP contribution is -2.45. The first kappa shape index (κ1) is 21.3. The van der Waals surface area contributed by atoms with E-state index in [-0.39, 0.29) is 17.9 Å². The van der Waals surface area contributed by atoms with Gasteiger partial charge in [0.1, 0.15) is 0 Å². The second-order valence-corrected chi connectivity index (χ2v) is 8.00. The Bertz CT molecular complexity index is 830. The zero-order valence-corrected chi connectivity index (χ0v) is 17.5. The van der Waals surface area contributed by atoms with Gasteiger partial charge in [-0.1, -0.05) is 41.9 Å². The van der Waals surface area contributed by atoms with E-state index in [2.05, 4.69) is 27.7 Å². The number of nitrogens with zero attached hydrogens (tertiary/aromatic N) is 1. The molecule has 29 heavy (non-hydrogen) atoms. The number of hydrogen-bond donors (Lipinski definition) is 2. The average molecular weight is 414 g/mol. The van der Waals surface area contributed by atoms with E-state index in [9.17, 15) is 9.59 Å². The number of likely N-dealkylation sites (tertiary alicyclic amines) is 1. The van der Waals surface area contributed by atoms with Crippen LogP contribution in [0, 0.1) is 6.92 Å². The van der Waals surface area contributed by atoms with Gasteiger partial charge in [0, 0.05) is 49.2 Å². The van der Waals surface area contributed by atoms with Crippen LogP contribution in [0.4, 0.5) is 0 Å². The summed E-state index contributed by atoms with van der Waals surface area (Å²) in [4.78, 5) is 26.8. The van der Waals surface area contributed by atoms with Crippen LogP contribution in [0.25, 0.3) is 0 Å². The van der Waals surface area contributed by atoms with Gasteiger partial charge in [-0.3, -0.25) is 14.5 Å². The number of piperidine rings is 1. The zero-order valence-electron chi connectivity index (χ0n) is 16.8. The molecule has 0 saturated carbocycles. The predicted octanol–water partition coefficient (Wildman–Crippen LogP) is 3.55. The van der Waals surface area contributed by atoms with Crippen LogP contribution < -0.4 is 10.6 Å². The Hall–Kier alpha value is -2.37. The van der Waals surface area contributed by atoms with Crippen molar-refractivity contribution >= 4 is 23.4 Å². The van der Waals surface area contributed by atoms with Crippen LogP contribution in [0.5, 0.6) is 0 Å². The summed E-state index contributed by atoms with van der Waals surface area (Å²) in [5.74, 6) is -0.141. The number of carbonyl (C=O) groups is 2. The molecule has 6 heteroatoms. The number of benzene rings is 2. The summed E-state index contributed by atoms with van der Waals surface area (Å²) in [6, 6.07) is 15.6. The Balaban J connectivity index is 1.34. The van der Waals surface area contributed by atoms with Crippen LogP contribution in [0.3, 0.4) is 0 Å². The van der Waals surface area contributed by atoms with E-state index in [1.54, 1.807) is 6.07 Å². The van der Waals surface area contributed by atoms with Gasteiger partial charge in [0.05, 0.1) is 0 Å². The molecule has 2 N–H and O–H groups in total. The maximum absolute atomic E-state index is 12.2. The number of rotatable bonds is 7. The highest BCUT2D eigenvalue weighted by Crippen LogP contribution is 2.16. The molecule has 2 aromatic rings. The molecular weight excluding hydrogens is 386 g/mol. The third-order valence-corrected chi connectivity index (χ3v) is 5.55. The molecule has 0 atom stereocenters. The van der Waals surface area contributed by atoms with E-state index in [0.717, 1.165) is 43.1 Å². The van der Waals surface area contributed by atoms with Crippen LogP contribution >= 0.6 is 11.6 Å². The average Bonchev–Trinajstić information content (AvgIpc) is 2.71. The fourth-order valence-electron chi connectivity index (χ4n) is 3.60. The number of nitrogens with one attached hydrogen (secondary N) is 2. The molecule has 2 amide bonds. The fourth-order valence-corrected chi connectivity index (χ4v) is 3.72. The molecule has 0 bridgehead atoms. The van der Waals surface area contributed by atoms with Gasteiger partial charge in [0.25, 0.3) is 5.91 Å². The summed E-state index contributed by atoms with van der Waals surface area (Å²) >= 11 is 5.94. The molecule has 1 aliphatic rings. The lowest BCUT2D eigenvalue weighted by molar-refractivity contribution is -0.122. The summed E-state index contributed by atoms with van der Waals surface area (Å²) in [6.07, 6.45) is 2.17. The summed E-state index contributed by atoms with van der Waals surface area (Å²) in [7, 11) is 0. The second kappa shape index (κ2) is 10.4. The molecule has 1 aliphatic heterocycles. The van der Waals surface area contributed by atoms with Crippen LogP contribution in [0.15, 0.2) is 48.5 Å². The van der Waals surface area contributed by atoms with E-state index in [0.29, 0.717) is 18.5 Å². The monoisotopic (exact) mass is 413 g/mol. The summed E-state index contributed by atoms with van der Waals surface area (Å²) in [5.41, 5.74) is 2.84. The first-order valence-corrected chi connectivity index (χ1v) is 10.5. The normalized spacial score (nSPS) is 15.1. The number of aryl methyl sites for hydroxylation is 1. The Kier molecular flexibility index (Phi) is 7.67. The van der Waals surface area contributed by atoms with Crippen LogP contribution in [0.1, 0.15) is 40.7 Å². The van der Waals surface area contributed by atoms with E-state index in [4.69, 9.17) is 11.6 Å². The Morgan fingerprint density at radius 3 is 2.45 bits per heavy atom. The van der Waals surface area contributed by atoms with Crippen LogP contribution in [-0.2, 0) is 11.3 Å². The first-order chi connectivity index (χ1) is 14.0. The first-order valence-electron chi connectivity index (χ1n) is 10.1. The maximum Gasteiger partial charge on any atom is 0.251 e. The number of carbonyl (C=O) groups excluding carboxylic acids is 2. The van der Waals surface area contributed by atoms with E-state index in [1.165, 1.54) is 5.56 Å². The van der Waals surface area contributed by atoms with Gasteiger partial charge in [0.15, 0.2) is 0 Å². The molecule has 0 aliphatic carbocycles. The van der Waals surface area contributed by atoms with Crippen LogP contribution in [-0.4, -0.2) is 42.4 Å². The van der Waals surface area contributed by atoms with Crippen molar-refractivity contribution in [2.24, 2.45) is 0 Å². The molecule has 0 unspecified atom stereocenters. The van der Waals surface area contributed by atoms with Crippen molar-refractivity contribution in [2.75, 3.05) is 19.6 Å². The van der Waals surface area contributed by atoms with Crippen molar-refractivity contribution in [3.8, 4) is 0 Å². The highest BCUT2D eigenvalue weighted by molar-refractivity contribution is 6.30. The van der Waals surface area contributed by atoms with Crippen molar-refractivity contribution in [1.82, 2.24) is 15.5 Å². The van der Waals surface area contributed by atoms with Gasteiger partial charge < -0.3 is 10.6 Å². The predicted molar refractivity (Wildman–Crippen MR) is 116 cm³/mol. The summed E-state index contributed by atoms with van der Waals surface area (Å²) < 4.78 is 0. The maximum atomic E-state index is 12.2. The van der Waals surface area contributed by atoms with Gasteiger partial charge in [0.2, 0.25) is 5.91 Å². The van der Waals surface area contributed by atoms with E-state index >= 15 is 0 Å². The highest BCUT2D eigenvalue weighted by atomic mass is 35.5. The second-order valence-electron chi connectivity index (χ2n) is 7.57. The lowest BCUT2D eigenvalue weighted by Gasteiger charge is -2.32. The SMILES string of the molecule is Cc1ccccc1C(=O)NCCC(=O)NC1CCN(Cc2ccc(Cl)cc2)CC1. The standard InChI is InChI=1S/C23H28ClN3O2/c1-17-4-2-3-5-21(17)23(29)25-13-10-22(28)26-20-11-14-27(15-12-20)16-18-6-8-19(24)9-7-18/h2-9,20H,10-16H2,1H3,(H,25,29)(H,26,28). The fraction of sp³-hybridized carbons (Fsp3) is 0.391. The van der Waals surface area contributed by atoms with Gasteiger partial charge in [-0.25, -0.2) is 0 Å². The molecular formula is C23H28ClN3O2. The van der Waals surface area contributed by atoms with Crippen molar-refractivity contribution in [3.05, 3.63) is 70.2 Å². The lowest BCUT2D eigenvalue weighted by atomic mass is 10.0. The molecule has 154 valence electrons. The number of hydrogen-bond acceptors (Lipinski definition) is 3. The smallest absolute Gasteiger partial charge is 0.251 e. The Labute approximate surface area is 177 Å². The molecule has 0 aromatic heterocycles. The topological polar surface area (TPSA) is 61.4 Å². The van der Waals surface area contributed by atoms with Crippen LogP contribution in [0.2, 0.25) is 5.02 Å². The van der Waals surface area contributed by atoms with Gasteiger partial charge >= 0.3 is 0 Å². The van der Waals surface area contributed by atoms with Gasteiger partial charge in [-0.2, -0.15) is 0 Å². The van der Waals surface area contributed by atoms with E-state index < -0.39 is 0 Å². The number of halogens is 1. The summed E-state index contributed by atoms with van der Waals surface area (Å²) in [6.45, 7) is 5.06. The minimum atomic E-state index is -0.133.